The van der Waals surface area contributed by atoms with E-state index in [1.54, 1.807) is 20.8 Å². The number of hydrogen-bond donors (Lipinski definition) is 1. The first-order valence-corrected chi connectivity index (χ1v) is 5.05. The number of aliphatic carboxylic acids is 1. The molecule has 0 aromatic heterocycles. The third-order valence-corrected chi connectivity index (χ3v) is 2.72. The number of ether oxygens (including phenoxy) is 1. The fraction of sp³-hybridized carbons (Fsp3) is 0.800. The van der Waals surface area contributed by atoms with Gasteiger partial charge in [-0.3, -0.25) is 4.90 Å². The van der Waals surface area contributed by atoms with Crippen LogP contribution in [0.15, 0.2) is 0 Å². The van der Waals surface area contributed by atoms with Gasteiger partial charge in [0.1, 0.15) is 11.6 Å². The van der Waals surface area contributed by atoms with Gasteiger partial charge in [-0.1, -0.05) is 0 Å². The summed E-state index contributed by atoms with van der Waals surface area (Å²) in [6.07, 6.45) is 0.296. The van der Waals surface area contributed by atoms with E-state index < -0.39 is 23.7 Å². The summed E-state index contributed by atoms with van der Waals surface area (Å²) in [5, 5.41) is 8.90. The van der Waals surface area contributed by atoms with Crippen LogP contribution in [0.2, 0.25) is 0 Å². The molecular weight excluding hydrogens is 198 g/mol. The zero-order valence-corrected chi connectivity index (χ0v) is 9.06. The normalized spacial score (nSPS) is 32.7. The molecule has 0 aromatic carbocycles. The van der Waals surface area contributed by atoms with Crippen LogP contribution in [0.1, 0.15) is 27.2 Å². The topological polar surface area (TPSA) is 66.8 Å². The van der Waals surface area contributed by atoms with Crippen molar-refractivity contribution in [3.8, 4) is 0 Å². The summed E-state index contributed by atoms with van der Waals surface area (Å²) in [6.45, 7) is 5.31. The van der Waals surface area contributed by atoms with E-state index in [9.17, 15) is 9.59 Å². The van der Waals surface area contributed by atoms with Gasteiger partial charge >= 0.3 is 12.1 Å². The molecule has 0 bridgehead atoms. The Labute approximate surface area is 88.0 Å². The number of carbonyl (C=O) groups is 2. The average Bonchev–Trinajstić information content (AvgIpc) is 2.57. The molecule has 1 N–H and O–H groups in total. The number of carboxylic acids is 1. The second-order valence-electron chi connectivity index (χ2n) is 5.14. The van der Waals surface area contributed by atoms with Crippen LogP contribution in [-0.4, -0.2) is 39.8 Å². The van der Waals surface area contributed by atoms with Crippen LogP contribution in [0, 0.1) is 5.92 Å². The number of carbonyl (C=O) groups excluding carboxylic acids is 1. The first-order chi connectivity index (χ1) is 6.81. The molecular formula is C10H15NO4. The lowest BCUT2D eigenvalue weighted by atomic mass is 10.0. The molecule has 0 spiro atoms. The Morgan fingerprint density at radius 1 is 1.40 bits per heavy atom. The zero-order chi connectivity index (χ0) is 11.4. The van der Waals surface area contributed by atoms with E-state index in [0.29, 0.717) is 0 Å². The van der Waals surface area contributed by atoms with Gasteiger partial charge in [-0.05, 0) is 27.2 Å². The van der Waals surface area contributed by atoms with Gasteiger partial charge in [0.2, 0.25) is 0 Å². The van der Waals surface area contributed by atoms with Crippen molar-refractivity contribution in [2.24, 2.45) is 5.92 Å². The fourth-order valence-electron chi connectivity index (χ4n) is 2.04. The molecule has 1 aliphatic carbocycles. The van der Waals surface area contributed by atoms with E-state index in [1.165, 1.54) is 4.90 Å². The van der Waals surface area contributed by atoms with Crippen LogP contribution in [0.5, 0.6) is 0 Å². The lowest BCUT2D eigenvalue weighted by Gasteiger charge is -2.38. The Bertz CT molecular complexity index is 320. The first kappa shape index (κ1) is 10.3. The Morgan fingerprint density at radius 3 is 2.47 bits per heavy atom. The molecule has 0 aromatic rings. The molecule has 2 aliphatic rings. The monoisotopic (exact) mass is 213 g/mol. The third-order valence-electron chi connectivity index (χ3n) is 2.72. The number of likely N-dealkylation sites (tertiary alicyclic amines) is 1. The second-order valence-corrected chi connectivity index (χ2v) is 5.14. The van der Waals surface area contributed by atoms with Crippen molar-refractivity contribution in [3.63, 3.8) is 0 Å². The highest BCUT2D eigenvalue weighted by atomic mass is 16.6. The molecule has 5 nitrogen and oxygen atoms in total. The Balaban J connectivity index is 2.00. The van der Waals surface area contributed by atoms with Gasteiger partial charge in [-0.25, -0.2) is 9.59 Å². The summed E-state index contributed by atoms with van der Waals surface area (Å²) in [7, 11) is 0. The highest BCUT2D eigenvalue weighted by molar-refractivity contribution is 5.84. The third kappa shape index (κ3) is 1.66. The van der Waals surface area contributed by atoms with Crippen LogP contribution in [0.25, 0.3) is 0 Å². The molecule has 1 aliphatic heterocycles. The largest absolute Gasteiger partial charge is 0.480 e. The summed E-state index contributed by atoms with van der Waals surface area (Å²) in [5.41, 5.74) is -0.569. The standard InChI is InChI=1S/C10H15NO4/c1-10(2,3)15-9(14)11-6-4-5(6)7(11)8(12)13/h5-7H,4H2,1-3H3,(H,12,13)/t5-,6+,7-/m0/s1. The summed E-state index contributed by atoms with van der Waals surface area (Å²) in [5.74, 6) is -0.769. The molecule has 2 fully saturated rings. The van der Waals surface area contributed by atoms with E-state index in [1.807, 2.05) is 0 Å². The van der Waals surface area contributed by atoms with Crippen LogP contribution < -0.4 is 0 Å². The molecule has 0 radical (unpaired) electrons. The molecule has 1 saturated heterocycles. The lowest BCUT2D eigenvalue weighted by molar-refractivity contribution is -0.148. The Hall–Kier alpha value is -1.26. The van der Waals surface area contributed by atoms with Gasteiger partial charge in [0.15, 0.2) is 0 Å². The molecule has 84 valence electrons. The predicted octanol–water partition coefficient (Wildman–Crippen LogP) is 1.08. The van der Waals surface area contributed by atoms with Crippen molar-refractivity contribution in [3.05, 3.63) is 0 Å². The van der Waals surface area contributed by atoms with E-state index in [2.05, 4.69) is 0 Å². The minimum atomic E-state index is -0.931. The fourth-order valence-corrected chi connectivity index (χ4v) is 2.04. The molecule has 1 amide bonds. The highest BCUT2D eigenvalue weighted by Crippen LogP contribution is 2.52. The highest BCUT2D eigenvalue weighted by Gasteiger charge is 2.66. The van der Waals surface area contributed by atoms with Crippen molar-refractivity contribution in [2.75, 3.05) is 0 Å². The minimum absolute atomic E-state index is 0.112. The quantitative estimate of drug-likeness (QED) is 0.707. The maximum atomic E-state index is 11.6. The van der Waals surface area contributed by atoms with Gasteiger partial charge in [-0.15, -0.1) is 0 Å². The minimum Gasteiger partial charge on any atom is -0.480 e. The average molecular weight is 213 g/mol. The summed E-state index contributed by atoms with van der Waals surface area (Å²) in [4.78, 5) is 23.8. The molecule has 1 heterocycles. The maximum absolute atomic E-state index is 11.6. The molecule has 15 heavy (non-hydrogen) atoms. The smallest absolute Gasteiger partial charge is 0.411 e. The number of rotatable bonds is 1. The van der Waals surface area contributed by atoms with E-state index in [0.717, 1.165) is 6.42 Å². The number of carboxylic acid groups (broad SMARTS) is 1. The number of nitrogens with zero attached hydrogens (tertiary/aromatic N) is 1. The van der Waals surface area contributed by atoms with E-state index >= 15 is 0 Å². The van der Waals surface area contributed by atoms with Crippen molar-refractivity contribution < 1.29 is 19.4 Å². The Morgan fingerprint density at radius 2 is 2.00 bits per heavy atom. The van der Waals surface area contributed by atoms with Gasteiger partial charge in [0, 0.05) is 12.0 Å². The van der Waals surface area contributed by atoms with Crippen molar-refractivity contribution in [1.82, 2.24) is 4.90 Å². The van der Waals surface area contributed by atoms with E-state index in [4.69, 9.17) is 9.84 Å². The molecule has 1 saturated carbocycles. The maximum Gasteiger partial charge on any atom is 0.411 e. The zero-order valence-electron chi connectivity index (χ0n) is 9.06. The van der Waals surface area contributed by atoms with Gasteiger partial charge in [0.25, 0.3) is 0 Å². The number of fused-ring (bicyclic) bond motifs is 1. The number of amides is 1. The summed E-state index contributed by atoms with van der Waals surface area (Å²) >= 11 is 0. The van der Waals surface area contributed by atoms with Crippen molar-refractivity contribution in [1.29, 1.82) is 0 Å². The molecule has 3 atom stereocenters. The predicted molar refractivity (Wildman–Crippen MR) is 51.4 cm³/mol. The molecule has 5 heteroatoms. The van der Waals surface area contributed by atoms with Crippen LogP contribution in [0.3, 0.4) is 0 Å². The lowest BCUT2D eigenvalue weighted by Crippen LogP contribution is -2.57. The van der Waals surface area contributed by atoms with Gasteiger partial charge < -0.3 is 9.84 Å². The van der Waals surface area contributed by atoms with E-state index in [-0.39, 0.29) is 12.0 Å². The summed E-state index contributed by atoms with van der Waals surface area (Å²) < 4.78 is 5.14. The van der Waals surface area contributed by atoms with Gasteiger partial charge in [-0.2, -0.15) is 0 Å². The van der Waals surface area contributed by atoms with Crippen molar-refractivity contribution >= 4 is 12.1 Å². The number of hydrogen-bond acceptors (Lipinski definition) is 3. The molecule has 0 unspecified atom stereocenters. The summed E-state index contributed by atoms with van der Waals surface area (Å²) in [6, 6.07) is -0.550. The second kappa shape index (κ2) is 2.87. The van der Waals surface area contributed by atoms with Crippen LogP contribution >= 0.6 is 0 Å². The van der Waals surface area contributed by atoms with Crippen molar-refractivity contribution in [2.45, 2.75) is 44.9 Å². The Kier molecular flexibility index (Phi) is 1.96. The molecule has 2 rings (SSSR count). The SMILES string of the molecule is CC(C)(C)OC(=O)N1[C@@H]2C[C@@H]2[C@H]1C(=O)O. The first-order valence-electron chi connectivity index (χ1n) is 5.05. The van der Waals surface area contributed by atoms with Crippen LogP contribution in [0.4, 0.5) is 4.79 Å². The van der Waals surface area contributed by atoms with Gasteiger partial charge in [0.05, 0.1) is 0 Å². The van der Waals surface area contributed by atoms with Crippen LogP contribution in [-0.2, 0) is 9.53 Å².